The van der Waals surface area contributed by atoms with Gasteiger partial charge in [-0.3, -0.25) is 0 Å². The van der Waals surface area contributed by atoms with Crippen LogP contribution in [-0.2, 0) is 4.74 Å². The lowest BCUT2D eigenvalue weighted by Gasteiger charge is -2.27. The number of methoxy groups -OCH3 is 2. The van der Waals surface area contributed by atoms with Crippen LogP contribution in [0, 0.1) is 5.92 Å². The van der Waals surface area contributed by atoms with Crippen LogP contribution in [0.5, 0.6) is 5.75 Å². The first-order valence-electron chi connectivity index (χ1n) is 6.14. The van der Waals surface area contributed by atoms with Gasteiger partial charge in [-0.1, -0.05) is 18.2 Å². The van der Waals surface area contributed by atoms with E-state index in [0.29, 0.717) is 5.92 Å². The Balaban J connectivity index is 2.26. The lowest BCUT2D eigenvalue weighted by molar-refractivity contribution is 0.0523. The second-order valence-corrected chi connectivity index (χ2v) is 4.55. The van der Waals surface area contributed by atoms with Crippen molar-refractivity contribution in [1.82, 2.24) is 5.32 Å². The maximum absolute atomic E-state index is 5.66. The Morgan fingerprint density at radius 1 is 1.24 bits per heavy atom. The highest BCUT2D eigenvalue weighted by Crippen LogP contribution is 2.41. The average molecular weight is 235 g/mol. The topological polar surface area (TPSA) is 30.5 Å². The van der Waals surface area contributed by atoms with Crippen LogP contribution in [-0.4, -0.2) is 27.4 Å². The predicted octanol–water partition coefficient (Wildman–Crippen LogP) is 2.38. The highest BCUT2D eigenvalue weighted by atomic mass is 16.5. The summed E-state index contributed by atoms with van der Waals surface area (Å²) in [7, 11) is 5.48. The van der Waals surface area contributed by atoms with Crippen LogP contribution in [0.15, 0.2) is 24.3 Å². The molecule has 2 rings (SSSR count). The minimum atomic E-state index is 0.198. The fourth-order valence-corrected chi connectivity index (χ4v) is 2.45. The standard InChI is InChI=1S/C14H21NO2/c1-15-13(14(17-3)10-8-9-10)11-6-4-5-7-12(11)16-2/h4-7,10,13-15H,8-9H2,1-3H3. The number of rotatable bonds is 6. The summed E-state index contributed by atoms with van der Waals surface area (Å²) in [4.78, 5) is 0. The van der Waals surface area contributed by atoms with Gasteiger partial charge in [-0.05, 0) is 31.9 Å². The van der Waals surface area contributed by atoms with Gasteiger partial charge in [0.05, 0.1) is 19.3 Å². The van der Waals surface area contributed by atoms with E-state index < -0.39 is 0 Å². The van der Waals surface area contributed by atoms with Crippen molar-refractivity contribution in [2.75, 3.05) is 21.3 Å². The molecule has 0 aromatic heterocycles. The Bertz CT molecular complexity index is 363. The summed E-state index contributed by atoms with van der Waals surface area (Å²) >= 11 is 0. The van der Waals surface area contributed by atoms with E-state index in [1.54, 1.807) is 14.2 Å². The van der Waals surface area contributed by atoms with Crippen molar-refractivity contribution in [3.63, 3.8) is 0 Å². The Hall–Kier alpha value is -1.06. The monoisotopic (exact) mass is 235 g/mol. The highest BCUT2D eigenvalue weighted by molar-refractivity contribution is 5.36. The van der Waals surface area contributed by atoms with Gasteiger partial charge in [0.15, 0.2) is 0 Å². The summed E-state index contributed by atoms with van der Waals surface area (Å²) < 4.78 is 11.1. The molecule has 1 aliphatic carbocycles. The van der Waals surface area contributed by atoms with E-state index in [-0.39, 0.29) is 12.1 Å². The second kappa shape index (κ2) is 5.52. The predicted molar refractivity (Wildman–Crippen MR) is 68.3 cm³/mol. The highest BCUT2D eigenvalue weighted by Gasteiger charge is 2.37. The van der Waals surface area contributed by atoms with Crippen LogP contribution in [0.2, 0.25) is 0 Å². The number of nitrogens with one attached hydrogen (secondary N) is 1. The molecule has 1 aromatic carbocycles. The molecule has 1 aromatic rings. The Morgan fingerprint density at radius 2 is 1.94 bits per heavy atom. The van der Waals surface area contributed by atoms with Gasteiger partial charge in [-0.15, -0.1) is 0 Å². The first-order chi connectivity index (χ1) is 8.31. The number of hydrogen-bond donors (Lipinski definition) is 1. The Morgan fingerprint density at radius 3 is 2.47 bits per heavy atom. The zero-order valence-electron chi connectivity index (χ0n) is 10.8. The fraction of sp³-hybridized carbons (Fsp3) is 0.571. The maximum Gasteiger partial charge on any atom is 0.123 e. The molecule has 1 N–H and O–H groups in total. The van der Waals surface area contributed by atoms with E-state index in [1.165, 1.54) is 18.4 Å². The lowest BCUT2D eigenvalue weighted by atomic mass is 9.97. The van der Waals surface area contributed by atoms with Crippen LogP contribution >= 0.6 is 0 Å². The van der Waals surface area contributed by atoms with Gasteiger partial charge < -0.3 is 14.8 Å². The summed E-state index contributed by atoms with van der Waals surface area (Å²) in [6.07, 6.45) is 2.77. The van der Waals surface area contributed by atoms with Crippen LogP contribution in [0.4, 0.5) is 0 Å². The maximum atomic E-state index is 5.66. The van der Waals surface area contributed by atoms with E-state index in [4.69, 9.17) is 9.47 Å². The van der Waals surface area contributed by atoms with Crippen molar-refractivity contribution < 1.29 is 9.47 Å². The molecule has 2 unspecified atom stereocenters. The van der Waals surface area contributed by atoms with Crippen molar-refractivity contribution in [3.05, 3.63) is 29.8 Å². The first-order valence-corrected chi connectivity index (χ1v) is 6.14. The van der Waals surface area contributed by atoms with Crippen LogP contribution in [0.25, 0.3) is 0 Å². The van der Waals surface area contributed by atoms with Gasteiger partial charge in [0, 0.05) is 12.7 Å². The normalized spacial score (nSPS) is 18.8. The van der Waals surface area contributed by atoms with E-state index in [2.05, 4.69) is 11.4 Å². The molecule has 0 saturated heterocycles. The zero-order chi connectivity index (χ0) is 12.3. The molecule has 3 nitrogen and oxygen atoms in total. The van der Waals surface area contributed by atoms with Crippen LogP contribution in [0.1, 0.15) is 24.4 Å². The van der Waals surface area contributed by atoms with Crippen molar-refractivity contribution in [2.45, 2.75) is 25.0 Å². The number of likely N-dealkylation sites (N-methyl/N-ethyl adjacent to an activating group) is 1. The summed E-state index contributed by atoms with van der Waals surface area (Å²) in [5, 5.41) is 3.36. The molecule has 2 atom stereocenters. The van der Waals surface area contributed by atoms with Gasteiger partial charge in [-0.25, -0.2) is 0 Å². The number of benzene rings is 1. The first kappa shape index (κ1) is 12.4. The average Bonchev–Trinajstić information content (AvgIpc) is 3.20. The molecular weight excluding hydrogens is 214 g/mol. The third-order valence-corrected chi connectivity index (χ3v) is 3.47. The van der Waals surface area contributed by atoms with Gasteiger partial charge in [0.25, 0.3) is 0 Å². The summed E-state index contributed by atoms with van der Waals surface area (Å²) in [5.41, 5.74) is 1.18. The SMILES string of the molecule is CNC(c1ccccc1OC)C(OC)C1CC1. The molecule has 0 amide bonds. The van der Waals surface area contributed by atoms with Gasteiger partial charge in [0.1, 0.15) is 5.75 Å². The minimum absolute atomic E-state index is 0.198. The van der Waals surface area contributed by atoms with Crippen molar-refractivity contribution >= 4 is 0 Å². The molecular formula is C14H21NO2. The van der Waals surface area contributed by atoms with Crippen LogP contribution in [0.3, 0.4) is 0 Å². The molecule has 1 saturated carbocycles. The zero-order valence-corrected chi connectivity index (χ0v) is 10.8. The van der Waals surface area contributed by atoms with Crippen LogP contribution < -0.4 is 10.1 Å². The smallest absolute Gasteiger partial charge is 0.123 e. The summed E-state index contributed by atoms with van der Waals surface area (Å²) in [6.45, 7) is 0. The molecule has 0 radical (unpaired) electrons. The second-order valence-electron chi connectivity index (χ2n) is 4.55. The van der Waals surface area contributed by atoms with Crippen molar-refractivity contribution in [3.8, 4) is 5.75 Å². The largest absolute Gasteiger partial charge is 0.496 e. The lowest BCUT2D eigenvalue weighted by Crippen LogP contribution is -2.32. The molecule has 0 spiro atoms. The van der Waals surface area contributed by atoms with Gasteiger partial charge >= 0.3 is 0 Å². The van der Waals surface area contributed by atoms with E-state index in [0.717, 1.165) is 5.75 Å². The number of hydrogen-bond acceptors (Lipinski definition) is 3. The third kappa shape index (κ3) is 2.61. The minimum Gasteiger partial charge on any atom is -0.496 e. The Labute approximate surface area is 103 Å². The Kier molecular flexibility index (Phi) is 4.02. The number of para-hydroxylation sites is 1. The van der Waals surface area contributed by atoms with Crippen molar-refractivity contribution in [2.24, 2.45) is 5.92 Å². The molecule has 1 fully saturated rings. The quantitative estimate of drug-likeness (QED) is 0.821. The summed E-state index contributed by atoms with van der Waals surface area (Å²) in [6, 6.07) is 8.34. The van der Waals surface area contributed by atoms with E-state index in [1.807, 2.05) is 25.2 Å². The van der Waals surface area contributed by atoms with E-state index in [9.17, 15) is 0 Å². The number of ether oxygens (including phenoxy) is 2. The van der Waals surface area contributed by atoms with Gasteiger partial charge in [-0.2, -0.15) is 0 Å². The van der Waals surface area contributed by atoms with Crippen molar-refractivity contribution in [1.29, 1.82) is 0 Å². The molecule has 94 valence electrons. The molecule has 0 aliphatic heterocycles. The molecule has 17 heavy (non-hydrogen) atoms. The molecule has 0 bridgehead atoms. The fourth-order valence-electron chi connectivity index (χ4n) is 2.45. The molecule has 1 aliphatic rings. The molecule has 3 heteroatoms. The summed E-state index contributed by atoms with van der Waals surface area (Å²) in [5.74, 6) is 1.61. The third-order valence-electron chi connectivity index (χ3n) is 3.47. The molecule has 0 heterocycles. The van der Waals surface area contributed by atoms with Gasteiger partial charge in [0.2, 0.25) is 0 Å². The van der Waals surface area contributed by atoms with E-state index >= 15 is 0 Å².